The van der Waals surface area contributed by atoms with Crippen LogP contribution >= 0.6 is 20.2 Å². The van der Waals surface area contributed by atoms with Gasteiger partial charge in [-0.1, -0.05) is 0 Å². The van der Waals surface area contributed by atoms with E-state index in [1.165, 1.54) is 0 Å². The molecule has 0 saturated carbocycles. The summed E-state index contributed by atoms with van der Waals surface area (Å²) in [7, 11) is 9.34. The summed E-state index contributed by atoms with van der Waals surface area (Å²) in [5, 5.41) is 10.5. The average Bonchev–Trinajstić information content (AvgIpc) is 2.81. The molecule has 2 aliphatic heterocycles. The molecule has 2 heterocycles. The molecule has 0 saturated heterocycles. The van der Waals surface area contributed by atoms with E-state index < -0.39 is 0 Å². The third-order valence-electron chi connectivity index (χ3n) is 1.10. The Kier molecular flexibility index (Phi) is 9.29. The predicted molar refractivity (Wildman–Crippen MR) is 54.7 cm³/mol. The predicted octanol–water partition coefficient (Wildman–Crippen LogP) is -4.16. The number of nitrogens with two attached hydrogens (primary N) is 2. The Bertz CT molecular complexity index is 199. The molecule has 11 heteroatoms. The molecule has 0 aromatic rings. The number of rotatable bonds is 0. The van der Waals surface area contributed by atoms with Gasteiger partial charge in [-0.15, -0.1) is 0 Å². The van der Waals surface area contributed by atoms with Crippen LogP contribution in [0.4, 0.5) is 0 Å². The number of guanidine groups is 2. The minimum atomic E-state index is 0.537. The molecule has 0 aromatic heterocycles. The second kappa shape index (κ2) is 9.78. The Morgan fingerprint density at radius 2 is 1.40 bits per heavy atom. The first-order valence-electron chi connectivity index (χ1n) is 3.59. The second-order valence-corrected chi connectivity index (χ2v) is 3.64. The van der Waals surface area contributed by atoms with E-state index in [1.807, 2.05) is 0 Å². The van der Waals surface area contributed by atoms with Crippen molar-refractivity contribution in [2.75, 3.05) is 13.3 Å². The van der Waals surface area contributed by atoms with E-state index in [1.54, 1.807) is 0 Å². The molecule has 0 spiro atoms. The van der Waals surface area contributed by atoms with E-state index in [0.717, 1.165) is 13.1 Å². The molecule has 15 heavy (non-hydrogen) atoms. The van der Waals surface area contributed by atoms with Gasteiger partial charge >= 0.3 is 45.2 Å². The van der Waals surface area contributed by atoms with Crippen molar-refractivity contribution < 1.29 is 23.3 Å². The maximum absolute atomic E-state index is 5.14. The number of hydrogen-bond donors (Lipinski definition) is 6. The Morgan fingerprint density at radius 3 is 1.47 bits per heavy atom. The molecule has 8 nitrogen and oxygen atoms in total. The van der Waals surface area contributed by atoms with Gasteiger partial charge in [-0.2, -0.15) is 0 Å². The SMILES string of the molecule is NC1=[NH+][N-]CN1.NC1=[NH+][N-]CN1.[Cl][Cu][Cl]. The van der Waals surface area contributed by atoms with Crippen LogP contribution in [0.5, 0.6) is 0 Å². The van der Waals surface area contributed by atoms with Gasteiger partial charge in [-0.25, -0.2) is 0 Å². The van der Waals surface area contributed by atoms with Crippen LogP contribution in [0, 0.1) is 0 Å². The molecule has 0 bridgehead atoms. The molecule has 8 N–H and O–H groups in total. The number of hydrogen-bond acceptors (Lipinski definition) is 4. The molecule has 0 aliphatic carbocycles. The van der Waals surface area contributed by atoms with Crippen LogP contribution in [0.1, 0.15) is 0 Å². The van der Waals surface area contributed by atoms with Crippen LogP contribution in [-0.4, -0.2) is 25.3 Å². The van der Waals surface area contributed by atoms with Crippen molar-refractivity contribution in [3.63, 3.8) is 0 Å². The first kappa shape index (κ1) is 14.2. The topological polar surface area (TPSA) is 132 Å². The van der Waals surface area contributed by atoms with E-state index in [2.05, 4.69) is 51.9 Å². The van der Waals surface area contributed by atoms with Crippen LogP contribution in [0.3, 0.4) is 0 Å². The van der Waals surface area contributed by atoms with E-state index >= 15 is 0 Å². The summed E-state index contributed by atoms with van der Waals surface area (Å²) in [4.78, 5) is 0. The van der Waals surface area contributed by atoms with Gasteiger partial charge in [0.1, 0.15) is 0 Å². The van der Waals surface area contributed by atoms with E-state index in [-0.39, 0.29) is 0 Å². The summed E-state index contributed by atoms with van der Waals surface area (Å²) >= 11 is 0.757. The molecule has 2 rings (SSSR count). The van der Waals surface area contributed by atoms with E-state index in [4.69, 9.17) is 11.5 Å². The van der Waals surface area contributed by atoms with Gasteiger partial charge in [0.05, 0.1) is 0 Å². The van der Waals surface area contributed by atoms with Gasteiger partial charge < -0.3 is 21.1 Å². The molecule has 93 valence electrons. The molecule has 0 unspecified atom stereocenters. The van der Waals surface area contributed by atoms with Crippen molar-refractivity contribution in [3.8, 4) is 0 Å². The van der Waals surface area contributed by atoms with Crippen LogP contribution < -0.4 is 32.3 Å². The Labute approximate surface area is 102 Å². The molecular formula is C4H12Cl2CuN8. The Balaban J connectivity index is 0.000000210. The van der Waals surface area contributed by atoms with Crippen molar-refractivity contribution in [1.82, 2.24) is 10.6 Å². The fourth-order valence-corrected chi connectivity index (χ4v) is 0.578. The van der Waals surface area contributed by atoms with Gasteiger partial charge in [-0.05, 0) is 0 Å². The molecular weight excluding hydrogens is 295 g/mol. The van der Waals surface area contributed by atoms with Crippen LogP contribution in [0.25, 0.3) is 10.9 Å². The van der Waals surface area contributed by atoms with Crippen molar-refractivity contribution in [2.24, 2.45) is 11.5 Å². The van der Waals surface area contributed by atoms with Gasteiger partial charge in [0.2, 0.25) is 0 Å². The number of halogens is 2. The van der Waals surface area contributed by atoms with E-state index in [0.29, 0.717) is 25.3 Å². The third kappa shape index (κ3) is 9.54. The summed E-state index contributed by atoms with van der Waals surface area (Å²) in [5.41, 5.74) is 17.6. The first-order chi connectivity index (χ1) is 7.20. The second-order valence-electron chi connectivity index (χ2n) is 2.08. The molecule has 0 fully saturated rings. The molecule has 0 radical (unpaired) electrons. The van der Waals surface area contributed by atoms with Gasteiger partial charge in [0, 0.05) is 13.3 Å². The summed E-state index contributed by atoms with van der Waals surface area (Å²) in [6, 6.07) is 0. The van der Waals surface area contributed by atoms with Gasteiger partial charge in [0.25, 0.3) is 0 Å². The monoisotopic (exact) mass is 305 g/mol. The summed E-state index contributed by atoms with van der Waals surface area (Å²) in [5.74, 6) is 1.07. The van der Waals surface area contributed by atoms with Crippen molar-refractivity contribution >= 4 is 32.1 Å². The third-order valence-corrected chi connectivity index (χ3v) is 1.10. The standard InChI is InChI=1S/2C2H6N4.2ClH.Cu/c2*3-2-4-1-5-6-2;;;/h2*4,6H,1,3H2;2*1H;/q;;;;+2/p-2. The van der Waals surface area contributed by atoms with Crippen LogP contribution in [0.15, 0.2) is 0 Å². The fourth-order valence-electron chi connectivity index (χ4n) is 0.578. The summed E-state index contributed by atoms with van der Waals surface area (Å²) in [6.45, 7) is 1.18. The molecule has 0 aromatic carbocycles. The summed E-state index contributed by atoms with van der Waals surface area (Å²) < 4.78 is 0. The fraction of sp³-hybridized carbons (Fsp3) is 0.500. The average molecular weight is 307 g/mol. The van der Waals surface area contributed by atoms with Crippen LogP contribution in [-0.2, 0) is 13.1 Å². The quantitative estimate of drug-likeness (QED) is 0.253. The van der Waals surface area contributed by atoms with Crippen molar-refractivity contribution in [2.45, 2.75) is 0 Å². The Hall–Kier alpha value is -0.761. The number of nitrogens with zero attached hydrogens (tertiary/aromatic N) is 2. The van der Waals surface area contributed by atoms with E-state index in [9.17, 15) is 0 Å². The molecule has 0 amide bonds. The zero-order chi connectivity index (χ0) is 11.5. The molecule has 2 aliphatic rings. The molecule has 0 atom stereocenters. The van der Waals surface area contributed by atoms with Crippen molar-refractivity contribution in [3.05, 3.63) is 10.9 Å². The Morgan fingerprint density at radius 1 is 1.07 bits per heavy atom. The maximum atomic E-state index is 5.14. The normalized spacial score (nSPS) is 16.1. The zero-order valence-corrected chi connectivity index (χ0v) is 9.97. The minimum absolute atomic E-state index is 0.537. The van der Waals surface area contributed by atoms with Gasteiger partial charge in [0.15, 0.2) is 0 Å². The van der Waals surface area contributed by atoms with Crippen molar-refractivity contribution in [1.29, 1.82) is 0 Å². The zero-order valence-electron chi connectivity index (χ0n) is 7.52. The van der Waals surface area contributed by atoms with Gasteiger partial charge in [-0.3, -0.25) is 22.1 Å². The summed E-state index contributed by atoms with van der Waals surface area (Å²) in [6.07, 6.45) is 0. The first-order valence-corrected chi connectivity index (χ1v) is 6.18. The number of nitrogens with one attached hydrogen (secondary N) is 4. The van der Waals surface area contributed by atoms with Crippen LogP contribution in [0.2, 0.25) is 0 Å².